The lowest BCUT2D eigenvalue weighted by Gasteiger charge is -2.36. The van der Waals surface area contributed by atoms with Crippen molar-refractivity contribution in [3.63, 3.8) is 0 Å². The highest BCUT2D eigenvalue weighted by atomic mass is 19.1. The average Bonchev–Trinajstić information content (AvgIpc) is 2.35. The van der Waals surface area contributed by atoms with Gasteiger partial charge >= 0.3 is 5.97 Å². The summed E-state index contributed by atoms with van der Waals surface area (Å²) in [5.74, 6) is -1.93. The molecule has 20 heavy (non-hydrogen) atoms. The fraction of sp³-hybridized carbons (Fsp3) is 0.533. The zero-order valence-corrected chi connectivity index (χ0v) is 11.8. The first-order chi connectivity index (χ1) is 9.37. The summed E-state index contributed by atoms with van der Waals surface area (Å²) in [6.45, 7) is 5.36. The Kier molecular flexibility index (Phi) is 4.40. The number of halogens is 1. The van der Waals surface area contributed by atoms with Crippen molar-refractivity contribution in [1.29, 1.82) is 0 Å². The van der Waals surface area contributed by atoms with Gasteiger partial charge in [0.2, 0.25) is 0 Å². The third-order valence-corrected chi connectivity index (χ3v) is 3.56. The minimum Gasteiger partial charge on any atom is -0.478 e. The molecule has 0 amide bonds. The zero-order valence-electron chi connectivity index (χ0n) is 11.8. The normalized spacial score (nSPS) is 21.6. The summed E-state index contributed by atoms with van der Waals surface area (Å²) >= 11 is 0. The van der Waals surface area contributed by atoms with E-state index in [4.69, 9.17) is 9.84 Å². The van der Waals surface area contributed by atoms with Crippen LogP contribution in [0.15, 0.2) is 18.2 Å². The van der Waals surface area contributed by atoms with E-state index in [9.17, 15) is 9.18 Å². The minimum atomic E-state index is -1.24. The Morgan fingerprint density at radius 2 is 2.30 bits per heavy atom. The van der Waals surface area contributed by atoms with Gasteiger partial charge in [-0.3, -0.25) is 0 Å². The first-order valence-corrected chi connectivity index (χ1v) is 6.76. The van der Waals surface area contributed by atoms with E-state index in [1.54, 1.807) is 6.07 Å². The predicted octanol–water partition coefficient (Wildman–Crippen LogP) is 2.57. The fourth-order valence-corrected chi connectivity index (χ4v) is 2.51. The number of carboxylic acid groups (broad SMARTS) is 1. The summed E-state index contributed by atoms with van der Waals surface area (Å²) in [4.78, 5) is 10.7. The number of aromatic carboxylic acids is 1. The SMILES string of the molecule is CC1(C)CC(NCc2ccc(C(=O)O)c(F)c2)CCO1. The van der Waals surface area contributed by atoms with Crippen LogP contribution in [0.25, 0.3) is 0 Å². The van der Waals surface area contributed by atoms with Crippen LogP contribution in [0, 0.1) is 5.82 Å². The van der Waals surface area contributed by atoms with Gasteiger partial charge in [0.05, 0.1) is 11.2 Å². The molecule has 1 heterocycles. The summed E-state index contributed by atoms with van der Waals surface area (Å²) in [6, 6.07) is 4.56. The fourth-order valence-electron chi connectivity index (χ4n) is 2.51. The standard InChI is InChI=1S/C15H20FNO3/c1-15(2)8-11(5-6-20-15)17-9-10-3-4-12(14(18)19)13(16)7-10/h3-4,7,11,17H,5-6,8-9H2,1-2H3,(H,18,19). The number of carboxylic acids is 1. The van der Waals surface area contributed by atoms with Crippen molar-refractivity contribution in [2.75, 3.05) is 6.61 Å². The van der Waals surface area contributed by atoms with Gasteiger partial charge in [-0.25, -0.2) is 9.18 Å². The molecule has 1 fully saturated rings. The maximum absolute atomic E-state index is 13.6. The van der Waals surface area contributed by atoms with E-state index in [2.05, 4.69) is 19.2 Å². The Bertz CT molecular complexity index is 502. The lowest BCUT2D eigenvalue weighted by atomic mass is 9.94. The molecule has 0 aromatic heterocycles. The highest BCUT2D eigenvalue weighted by Crippen LogP contribution is 2.24. The summed E-state index contributed by atoms with van der Waals surface area (Å²) in [5.41, 5.74) is 0.326. The van der Waals surface area contributed by atoms with Crippen molar-refractivity contribution in [3.8, 4) is 0 Å². The van der Waals surface area contributed by atoms with Gasteiger partial charge in [0.25, 0.3) is 0 Å². The molecule has 2 rings (SSSR count). The minimum absolute atomic E-state index is 0.131. The number of rotatable bonds is 4. The lowest BCUT2D eigenvalue weighted by Crippen LogP contribution is -2.43. The molecule has 0 aliphatic carbocycles. The van der Waals surface area contributed by atoms with E-state index in [-0.39, 0.29) is 11.2 Å². The second kappa shape index (κ2) is 5.89. The monoisotopic (exact) mass is 281 g/mol. The Balaban J connectivity index is 1.94. The van der Waals surface area contributed by atoms with Crippen molar-refractivity contribution < 1.29 is 19.0 Å². The van der Waals surface area contributed by atoms with Crippen LogP contribution in [0.1, 0.15) is 42.6 Å². The van der Waals surface area contributed by atoms with Crippen LogP contribution >= 0.6 is 0 Å². The Morgan fingerprint density at radius 1 is 1.55 bits per heavy atom. The van der Waals surface area contributed by atoms with E-state index < -0.39 is 11.8 Å². The third kappa shape index (κ3) is 3.77. The van der Waals surface area contributed by atoms with Crippen LogP contribution in [0.5, 0.6) is 0 Å². The van der Waals surface area contributed by atoms with Crippen molar-refractivity contribution in [3.05, 3.63) is 35.1 Å². The second-order valence-corrected chi connectivity index (χ2v) is 5.80. The van der Waals surface area contributed by atoms with Crippen molar-refractivity contribution in [2.45, 2.75) is 44.9 Å². The molecule has 1 unspecified atom stereocenters. The summed E-state index contributed by atoms with van der Waals surface area (Å²) in [6.07, 6.45) is 1.84. The molecular weight excluding hydrogens is 261 g/mol. The number of carbonyl (C=O) groups is 1. The van der Waals surface area contributed by atoms with Crippen LogP contribution in [0.2, 0.25) is 0 Å². The third-order valence-electron chi connectivity index (χ3n) is 3.56. The molecule has 4 nitrogen and oxygen atoms in total. The molecule has 0 bridgehead atoms. The van der Waals surface area contributed by atoms with E-state index >= 15 is 0 Å². The van der Waals surface area contributed by atoms with Crippen LogP contribution in [0.4, 0.5) is 4.39 Å². The maximum atomic E-state index is 13.6. The molecule has 110 valence electrons. The maximum Gasteiger partial charge on any atom is 0.338 e. The largest absolute Gasteiger partial charge is 0.478 e. The van der Waals surface area contributed by atoms with E-state index in [1.807, 2.05) is 0 Å². The van der Waals surface area contributed by atoms with Crippen LogP contribution in [-0.2, 0) is 11.3 Å². The van der Waals surface area contributed by atoms with Gasteiger partial charge in [-0.05, 0) is 44.4 Å². The Labute approximate surface area is 117 Å². The van der Waals surface area contributed by atoms with E-state index in [1.165, 1.54) is 12.1 Å². The van der Waals surface area contributed by atoms with Gasteiger partial charge in [-0.1, -0.05) is 6.07 Å². The molecular formula is C15H20FNO3. The van der Waals surface area contributed by atoms with Gasteiger partial charge in [-0.15, -0.1) is 0 Å². The van der Waals surface area contributed by atoms with Crippen LogP contribution in [0.3, 0.4) is 0 Å². The topological polar surface area (TPSA) is 58.6 Å². The molecule has 1 aliphatic rings. The van der Waals surface area contributed by atoms with Crippen molar-refractivity contribution in [2.24, 2.45) is 0 Å². The molecule has 0 saturated carbocycles. The number of benzene rings is 1. The second-order valence-electron chi connectivity index (χ2n) is 5.80. The smallest absolute Gasteiger partial charge is 0.338 e. The molecule has 1 aromatic carbocycles. The molecule has 1 atom stereocenters. The van der Waals surface area contributed by atoms with Crippen molar-refractivity contribution >= 4 is 5.97 Å². The summed E-state index contributed by atoms with van der Waals surface area (Å²) in [7, 11) is 0. The summed E-state index contributed by atoms with van der Waals surface area (Å²) in [5, 5.41) is 12.2. The first-order valence-electron chi connectivity index (χ1n) is 6.76. The van der Waals surface area contributed by atoms with E-state index in [0.29, 0.717) is 12.6 Å². The molecule has 2 N–H and O–H groups in total. The van der Waals surface area contributed by atoms with Crippen molar-refractivity contribution in [1.82, 2.24) is 5.32 Å². The molecule has 0 radical (unpaired) electrons. The van der Waals surface area contributed by atoms with Gasteiger partial charge < -0.3 is 15.2 Å². The molecule has 1 aliphatic heterocycles. The molecule has 5 heteroatoms. The zero-order chi connectivity index (χ0) is 14.8. The number of nitrogens with one attached hydrogen (secondary N) is 1. The predicted molar refractivity (Wildman–Crippen MR) is 73.3 cm³/mol. The van der Waals surface area contributed by atoms with Crippen LogP contribution < -0.4 is 5.32 Å². The van der Waals surface area contributed by atoms with E-state index in [0.717, 1.165) is 25.0 Å². The van der Waals surface area contributed by atoms with Gasteiger partial charge in [0, 0.05) is 19.2 Å². The summed E-state index contributed by atoms with van der Waals surface area (Å²) < 4.78 is 19.2. The number of ether oxygens (including phenoxy) is 1. The van der Waals surface area contributed by atoms with Crippen LogP contribution in [-0.4, -0.2) is 29.3 Å². The van der Waals surface area contributed by atoms with Gasteiger partial charge in [0.1, 0.15) is 5.82 Å². The molecule has 0 spiro atoms. The molecule has 1 aromatic rings. The highest BCUT2D eigenvalue weighted by molar-refractivity contribution is 5.87. The Morgan fingerprint density at radius 3 is 2.90 bits per heavy atom. The quantitative estimate of drug-likeness (QED) is 0.890. The number of hydrogen-bond acceptors (Lipinski definition) is 3. The van der Waals surface area contributed by atoms with Gasteiger partial charge in [-0.2, -0.15) is 0 Å². The van der Waals surface area contributed by atoms with Gasteiger partial charge in [0.15, 0.2) is 0 Å². The lowest BCUT2D eigenvalue weighted by molar-refractivity contribution is -0.0630. The number of hydrogen-bond donors (Lipinski definition) is 2. The first kappa shape index (κ1) is 14.9. The molecule has 1 saturated heterocycles. The average molecular weight is 281 g/mol. The Hall–Kier alpha value is -1.46. The highest BCUT2D eigenvalue weighted by Gasteiger charge is 2.28.